The van der Waals surface area contributed by atoms with Gasteiger partial charge in [0, 0.05) is 30.9 Å². The number of anilines is 1. The predicted octanol–water partition coefficient (Wildman–Crippen LogP) is 2.36. The third-order valence-electron chi connectivity index (χ3n) is 3.24. The van der Waals surface area contributed by atoms with E-state index in [-0.39, 0.29) is 5.91 Å². The zero-order valence-electron chi connectivity index (χ0n) is 10.3. The fourth-order valence-electron chi connectivity index (χ4n) is 2.30. The highest BCUT2D eigenvalue weighted by Gasteiger charge is 2.13. The lowest BCUT2D eigenvalue weighted by Gasteiger charge is -2.08. The number of hydrogen-bond donors (Lipinski definition) is 1. The average molecular weight is 241 g/mol. The number of carbonyl (C=O) groups is 1. The Labute approximate surface area is 106 Å². The van der Waals surface area contributed by atoms with E-state index in [9.17, 15) is 4.79 Å². The predicted molar refractivity (Wildman–Crippen MR) is 70.2 cm³/mol. The Balaban J connectivity index is 2.00. The molecule has 4 nitrogen and oxygen atoms in total. The van der Waals surface area contributed by atoms with Crippen LogP contribution in [0.4, 0.5) is 5.69 Å². The van der Waals surface area contributed by atoms with Gasteiger partial charge < -0.3 is 5.32 Å². The number of hydrogen-bond acceptors (Lipinski definition) is 2. The molecule has 1 aromatic carbocycles. The van der Waals surface area contributed by atoms with Gasteiger partial charge in [0.05, 0.1) is 5.69 Å². The number of carbonyl (C=O) groups excluding carboxylic acids is 1. The molecule has 0 bridgehead atoms. The second kappa shape index (κ2) is 4.29. The highest BCUT2D eigenvalue weighted by Crippen LogP contribution is 2.27. The van der Waals surface area contributed by atoms with Gasteiger partial charge in [-0.15, -0.1) is 0 Å². The third kappa shape index (κ3) is 2.01. The highest BCUT2D eigenvalue weighted by molar-refractivity contribution is 5.92. The largest absolute Gasteiger partial charge is 0.326 e. The van der Waals surface area contributed by atoms with E-state index in [4.69, 9.17) is 0 Å². The van der Waals surface area contributed by atoms with E-state index in [1.807, 2.05) is 31.4 Å². The van der Waals surface area contributed by atoms with Crippen LogP contribution in [0.2, 0.25) is 0 Å². The van der Waals surface area contributed by atoms with E-state index >= 15 is 0 Å². The molecule has 2 aromatic rings. The highest BCUT2D eigenvalue weighted by atomic mass is 16.1. The van der Waals surface area contributed by atoms with Gasteiger partial charge in [0.15, 0.2) is 0 Å². The summed E-state index contributed by atoms with van der Waals surface area (Å²) >= 11 is 0. The third-order valence-corrected chi connectivity index (χ3v) is 3.24. The first-order valence-corrected chi connectivity index (χ1v) is 6.15. The Kier molecular flexibility index (Phi) is 2.63. The van der Waals surface area contributed by atoms with Crippen molar-refractivity contribution in [2.24, 2.45) is 7.05 Å². The molecule has 92 valence electrons. The molecule has 1 aliphatic rings. The molecule has 18 heavy (non-hydrogen) atoms. The van der Waals surface area contributed by atoms with Crippen LogP contribution >= 0.6 is 0 Å². The Hall–Kier alpha value is -2.10. The Morgan fingerprint density at radius 2 is 2.17 bits per heavy atom. The van der Waals surface area contributed by atoms with Crippen LogP contribution in [0.3, 0.4) is 0 Å². The molecule has 2 heterocycles. The second-order valence-corrected chi connectivity index (χ2v) is 4.65. The molecule has 1 aliphatic heterocycles. The monoisotopic (exact) mass is 241 g/mol. The molecule has 3 rings (SSSR count). The summed E-state index contributed by atoms with van der Waals surface area (Å²) in [7, 11) is 1.91. The van der Waals surface area contributed by atoms with Crippen molar-refractivity contribution in [3.63, 3.8) is 0 Å². The zero-order chi connectivity index (χ0) is 12.5. The summed E-state index contributed by atoms with van der Waals surface area (Å²) < 4.78 is 1.79. The number of nitrogens with one attached hydrogen (secondary N) is 1. The Morgan fingerprint density at radius 1 is 1.28 bits per heavy atom. The Bertz CT molecular complexity index is 601. The topological polar surface area (TPSA) is 46.9 Å². The van der Waals surface area contributed by atoms with Gasteiger partial charge in [-0.25, -0.2) is 0 Å². The molecular weight excluding hydrogens is 226 g/mol. The molecule has 4 heteroatoms. The van der Waals surface area contributed by atoms with Crippen LogP contribution in [-0.2, 0) is 18.3 Å². The number of rotatable bonds is 1. The van der Waals surface area contributed by atoms with Crippen LogP contribution in [0.25, 0.3) is 11.3 Å². The smallest absolute Gasteiger partial charge is 0.224 e. The van der Waals surface area contributed by atoms with E-state index in [1.165, 1.54) is 5.56 Å². The van der Waals surface area contributed by atoms with Crippen LogP contribution in [0, 0.1) is 0 Å². The first kappa shape index (κ1) is 11.0. The molecular formula is C14H15N3O. The van der Waals surface area contributed by atoms with Gasteiger partial charge in [0.1, 0.15) is 0 Å². The fraction of sp³-hybridized carbons (Fsp3) is 0.286. The van der Waals surface area contributed by atoms with Gasteiger partial charge in [-0.2, -0.15) is 5.10 Å². The molecule has 1 amide bonds. The number of amides is 1. The second-order valence-electron chi connectivity index (χ2n) is 4.65. The first-order chi connectivity index (χ1) is 8.72. The molecule has 1 N–H and O–H groups in total. The molecule has 0 saturated heterocycles. The molecule has 0 saturated carbocycles. The van der Waals surface area contributed by atoms with Crippen molar-refractivity contribution < 1.29 is 4.79 Å². The normalized spacial score (nSPS) is 14.8. The summed E-state index contributed by atoms with van der Waals surface area (Å²) in [5.74, 6) is 0.110. The SMILES string of the molecule is Cn1ccc(-c2ccc3c(c2)CCCC(=O)N3)n1. The quantitative estimate of drug-likeness (QED) is 0.833. The van der Waals surface area contributed by atoms with Crippen LogP contribution in [-0.4, -0.2) is 15.7 Å². The molecule has 0 unspecified atom stereocenters. The minimum Gasteiger partial charge on any atom is -0.326 e. The first-order valence-electron chi connectivity index (χ1n) is 6.15. The lowest BCUT2D eigenvalue weighted by atomic mass is 10.0. The molecule has 0 radical (unpaired) electrons. The van der Waals surface area contributed by atoms with E-state index in [1.54, 1.807) is 4.68 Å². The van der Waals surface area contributed by atoms with Gasteiger partial charge in [-0.3, -0.25) is 9.48 Å². The number of fused-ring (bicyclic) bond motifs is 1. The van der Waals surface area contributed by atoms with Gasteiger partial charge in [-0.05, 0) is 36.6 Å². The summed E-state index contributed by atoms with van der Waals surface area (Å²) in [6.45, 7) is 0. The minimum atomic E-state index is 0.110. The summed E-state index contributed by atoms with van der Waals surface area (Å²) in [5.41, 5.74) is 4.21. The maximum Gasteiger partial charge on any atom is 0.224 e. The van der Waals surface area contributed by atoms with Crippen molar-refractivity contribution in [2.75, 3.05) is 5.32 Å². The molecule has 0 spiro atoms. The maximum absolute atomic E-state index is 11.5. The number of benzene rings is 1. The van der Waals surface area contributed by atoms with Crippen LogP contribution in [0.1, 0.15) is 18.4 Å². The van der Waals surface area contributed by atoms with Crippen LogP contribution in [0.15, 0.2) is 30.5 Å². The van der Waals surface area contributed by atoms with Gasteiger partial charge in [0.2, 0.25) is 5.91 Å². The summed E-state index contributed by atoms with van der Waals surface area (Å²) in [5, 5.41) is 7.34. The molecule has 0 atom stereocenters. The summed E-state index contributed by atoms with van der Waals surface area (Å²) in [6.07, 6.45) is 4.38. The van der Waals surface area contributed by atoms with E-state index in [0.717, 1.165) is 29.8 Å². The molecule has 0 fully saturated rings. The maximum atomic E-state index is 11.5. The van der Waals surface area contributed by atoms with Gasteiger partial charge >= 0.3 is 0 Å². The van der Waals surface area contributed by atoms with Crippen molar-refractivity contribution in [3.8, 4) is 11.3 Å². The van der Waals surface area contributed by atoms with E-state index in [2.05, 4.69) is 16.5 Å². The van der Waals surface area contributed by atoms with Crippen molar-refractivity contribution in [2.45, 2.75) is 19.3 Å². The summed E-state index contributed by atoms with van der Waals surface area (Å²) in [6, 6.07) is 8.11. The lowest BCUT2D eigenvalue weighted by molar-refractivity contribution is -0.116. The number of aromatic nitrogens is 2. The van der Waals surface area contributed by atoms with Crippen molar-refractivity contribution in [3.05, 3.63) is 36.0 Å². The van der Waals surface area contributed by atoms with Gasteiger partial charge in [-0.1, -0.05) is 6.07 Å². The van der Waals surface area contributed by atoms with Crippen molar-refractivity contribution in [1.29, 1.82) is 0 Å². The van der Waals surface area contributed by atoms with Crippen molar-refractivity contribution in [1.82, 2.24) is 9.78 Å². The van der Waals surface area contributed by atoms with Crippen LogP contribution < -0.4 is 5.32 Å². The van der Waals surface area contributed by atoms with Crippen LogP contribution in [0.5, 0.6) is 0 Å². The zero-order valence-corrected chi connectivity index (χ0v) is 10.3. The van der Waals surface area contributed by atoms with Crippen molar-refractivity contribution >= 4 is 11.6 Å². The Morgan fingerprint density at radius 3 is 2.94 bits per heavy atom. The van der Waals surface area contributed by atoms with E-state index < -0.39 is 0 Å². The fourth-order valence-corrected chi connectivity index (χ4v) is 2.30. The van der Waals surface area contributed by atoms with Gasteiger partial charge in [0.25, 0.3) is 0 Å². The van der Waals surface area contributed by atoms with E-state index in [0.29, 0.717) is 6.42 Å². The lowest BCUT2D eigenvalue weighted by Crippen LogP contribution is -2.09. The standard InChI is InChI=1S/C14H15N3O/c1-17-8-7-13(16-17)11-5-6-12-10(9-11)3-2-4-14(18)15-12/h5-9H,2-4H2,1H3,(H,15,18). The molecule has 1 aromatic heterocycles. The summed E-state index contributed by atoms with van der Waals surface area (Å²) in [4.78, 5) is 11.5. The number of aryl methyl sites for hydroxylation is 2. The average Bonchev–Trinajstić information content (AvgIpc) is 2.69. The molecule has 0 aliphatic carbocycles. The number of nitrogens with zero attached hydrogens (tertiary/aromatic N) is 2. The minimum absolute atomic E-state index is 0.110.